The highest BCUT2D eigenvalue weighted by molar-refractivity contribution is 7.98. The molecule has 0 amide bonds. The zero-order chi connectivity index (χ0) is 18.3. The highest BCUT2D eigenvalue weighted by Gasteiger charge is 2.19. The van der Waals surface area contributed by atoms with Crippen molar-refractivity contribution in [3.63, 3.8) is 0 Å². The smallest absolute Gasteiger partial charge is 0.267 e. The second-order valence-corrected chi connectivity index (χ2v) is 6.31. The first kappa shape index (κ1) is 16.2. The van der Waals surface area contributed by atoms with E-state index in [4.69, 9.17) is 0 Å². The zero-order valence-electron chi connectivity index (χ0n) is 13.6. The van der Waals surface area contributed by atoms with Gasteiger partial charge in [-0.3, -0.25) is 4.79 Å². The van der Waals surface area contributed by atoms with Gasteiger partial charge in [0.2, 0.25) is 0 Å². The fourth-order valence-corrected chi connectivity index (χ4v) is 3.38. The molecule has 0 fully saturated rings. The molecule has 4 rings (SSSR count). The summed E-state index contributed by atoms with van der Waals surface area (Å²) in [6, 6.07) is 14.8. The number of aromatic nitrogens is 3. The third-order valence-electron chi connectivity index (χ3n) is 4.05. The summed E-state index contributed by atoms with van der Waals surface area (Å²) in [5.74, 6) is -0.376. The van der Waals surface area contributed by atoms with Gasteiger partial charge < -0.3 is 0 Å². The van der Waals surface area contributed by atoms with Crippen LogP contribution in [0.1, 0.15) is 5.56 Å². The van der Waals surface area contributed by atoms with Crippen LogP contribution in [0.15, 0.2) is 58.5 Å². The van der Waals surface area contributed by atoms with Crippen molar-refractivity contribution in [3.8, 4) is 17.3 Å². The van der Waals surface area contributed by atoms with E-state index in [0.29, 0.717) is 27.3 Å². The van der Waals surface area contributed by atoms with Crippen LogP contribution < -0.4 is 5.56 Å². The van der Waals surface area contributed by atoms with Crippen LogP contribution in [0, 0.1) is 17.1 Å². The zero-order valence-corrected chi connectivity index (χ0v) is 14.4. The minimum atomic E-state index is -0.376. The van der Waals surface area contributed by atoms with Crippen molar-refractivity contribution in [2.75, 3.05) is 6.26 Å². The maximum Gasteiger partial charge on any atom is 0.267 e. The second kappa shape index (κ2) is 6.24. The number of nitrogens with zero attached hydrogens (tertiary/aromatic N) is 4. The molecule has 0 aliphatic carbocycles. The Hall–Kier alpha value is -3.24. The number of hydrogen-bond acceptors (Lipinski definition) is 5. The molecule has 0 saturated heterocycles. The minimum absolute atomic E-state index is 0.178. The average molecular weight is 362 g/mol. The summed E-state index contributed by atoms with van der Waals surface area (Å²) >= 11 is 1.28. The van der Waals surface area contributed by atoms with Crippen LogP contribution in [-0.4, -0.2) is 20.6 Å². The van der Waals surface area contributed by atoms with Crippen molar-refractivity contribution < 1.29 is 4.39 Å². The quantitative estimate of drug-likeness (QED) is 0.309. The summed E-state index contributed by atoms with van der Waals surface area (Å²) in [6.45, 7) is 0. The molecule has 0 aliphatic heterocycles. The highest BCUT2D eigenvalue weighted by atomic mass is 32.2. The first-order valence-corrected chi connectivity index (χ1v) is 8.92. The van der Waals surface area contributed by atoms with Crippen molar-refractivity contribution >= 4 is 28.3 Å². The number of fused-ring (bicyclic) bond motifs is 2. The molecule has 0 bridgehead atoms. The van der Waals surface area contributed by atoms with E-state index in [1.54, 1.807) is 42.7 Å². The van der Waals surface area contributed by atoms with Crippen LogP contribution >= 0.6 is 11.8 Å². The minimum Gasteiger partial charge on any atom is -0.268 e. The standard InChI is InChI=1S/C19H11FN4OS/c1-26-19-23-16(11-6-8-12(20)9-7-11)14(10-21)17-22-15-5-3-2-4-13(15)18(25)24(17)19/h2-9H,1H3. The van der Waals surface area contributed by atoms with E-state index in [9.17, 15) is 14.4 Å². The fraction of sp³-hybridized carbons (Fsp3) is 0.0526. The topological polar surface area (TPSA) is 71.0 Å². The summed E-state index contributed by atoms with van der Waals surface area (Å²) in [7, 11) is 0. The SMILES string of the molecule is CSc1nc(-c2ccc(F)cc2)c(C#N)c2nc3ccccc3c(=O)n12. The van der Waals surface area contributed by atoms with Crippen LogP contribution in [0.3, 0.4) is 0 Å². The molecule has 126 valence electrons. The molecule has 0 saturated carbocycles. The molecule has 0 atom stereocenters. The molecule has 2 heterocycles. The summed E-state index contributed by atoms with van der Waals surface area (Å²) in [6.07, 6.45) is 1.80. The van der Waals surface area contributed by atoms with Gasteiger partial charge in [0, 0.05) is 5.56 Å². The van der Waals surface area contributed by atoms with Gasteiger partial charge in [0.25, 0.3) is 5.56 Å². The predicted octanol–water partition coefficient (Wildman–Crippen LogP) is 3.64. The van der Waals surface area contributed by atoms with Crippen LogP contribution in [0.5, 0.6) is 0 Å². The second-order valence-electron chi connectivity index (χ2n) is 5.53. The van der Waals surface area contributed by atoms with Gasteiger partial charge in [0.1, 0.15) is 17.4 Å². The van der Waals surface area contributed by atoms with E-state index in [1.165, 1.54) is 28.3 Å². The Bertz CT molecular complexity index is 1260. The molecule has 0 unspecified atom stereocenters. The van der Waals surface area contributed by atoms with Crippen LogP contribution in [0.2, 0.25) is 0 Å². The van der Waals surface area contributed by atoms with Crippen molar-refractivity contribution in [1.82, 2.24) is 14.4 Å². The number of rotatable bonds is 2. The van der Waals surface area contributed by atoms with E-state index >= 15 is 0 Å². The number of nitriles is 1. The maximum atomic E-state index is 13.3. The maximum absolute atomic E-state index is 13.3. The number of hydrogen-bond donors (Lipinski definition) is 0. The molecular formula is C19H11FN4OS. The normalized spacial score (nSPS) is 11.0. The Morgan fingerprint density at radius 2 is 1.85 bits per heavy atom. The van der Waals surface area contributed by atoms with Gasteiger partial charge in [-0.05, 0) is 42.7 Å². The van der Waals surface area contributed by atoms with Crippen molar-refractivity contribution in [2.24, 2.45) is 0 Å². The summed E-state index contributed by atoms with van der Waals surface area (Å²) < 4.78 is 14.6. The summed E-state index contributed by atoms with van der Waals surface area (Å²) in [4.78, 5) is 22.0. The lowest BCUT2D eigenvalue weighted by Gasteiger charge is -2.12. The number of para-hydroxylation sites is 1. The monoisotopic (exact) mass is 362 g/mol. The fourth-order valence-electron chi connectivity index (χ4n) is 2.84. The molecule has 0 radical (unpaired) electrons. The van der Waals surface area contributed by atoms with Gasteiger partial charge in [-0.15, -0.1) is 0 Å². The number of halogens is 1. The summed E-state index contributed by atoms with van der Waals surface area (Å²) in [5, 5.41) is 10.6. The Kier molecular flexibility index (Phi) is 3.90. The first-order chi connectivity index (χ1) is 12.6. The third kappa shape index (κ3) is 2.43. The molecule has 2 aromatic heterocycles. The molecule has 2 aromatic carbocycles. The van der Waals surface area contributed by atoms with Crippen molar-refractivity contribution in [1.29, 1.82) is 5.26 Å². The highest BCUT2D eigenvalue weighted by Crippen LogP contribution is 2.27. The molecular weight excluding hydrogens is 351 g/mol. The van der Waals surface area contributed by atoms with Gasteiger partial charge in [0.05, 0.1) is 16.6 Å². The van der Waals surface area contributed by atoms with E-state index in [-0.39, 0.29) is 22.6 Å². The number of benzene rings is 2. The lowest BCUT2D eigenvalue weighted by molar-refractivity contribution is 0.628. The molecule has 26 heavy (non-hydrogen) atoms. The lowest BCUT2D eigenvalue weighted by Crippen LogP contribution is -2.19. The molecule has 4 aromatic rings. The van der Waals surface area contributed by atoms with Gasteiger partial charge in [-0.2, -0.15) is 5.26 Å². The van der Waals surface area contributed by atoms with Gasteiger partial charge in [-0.1, -0.05) is 23.9 Å². The van der Waals surface area contributed by atoms with E-state index in [2.05, 4.69) is 16.0 Å². The molecule has 7 heteroatoms. The first-order valence-electron chi connectivity index (χ1n) is 7.69. The third-order valence-corrected chi connectivity index (χ3v) is 4.69. The van der Waals surface area contributed by atoms with E-state index < -0.39 is 0 Å². The van der Waals surface area contributed by atoms with Crippen LogP contribution in [-0.2, 0) is 0 Å². The van der Waals surface area contributed by atoms with Gasteiger partial charge in [0.15, 0.2) is 10.8 Å². The molecule has 0 aliphatic rings. The Labute approximate surface area is 151 Å². The Morgan fingerprint density at radius 3 is 2.54 bits per heavy atom. The summed E-state index contributed by atoms with van der Waals surface area (Å²) in [5.41, 5.74) is 1.62. The number of thioether (sulfide) groups is 1. The van der Waals surface area contributed by atoms with Crippen molar-refractivity contribution in [3.05, 3.63) is 70.3 Å². The van der Waals surface area contributed by atoms with Crippen LogP contribution in [0.4, 0.5) is 4.39 Å². The molecule has 0 N–H and O–H groups in total. The Balaban J connectivity index is 2.19. The lowest BCUT2D eigenvalue weighted by atomic mass is 10.1. The van der Waals surface area contributed by atoms with Crippen LogP contribution in [0.25, 0.3) is 27.8 Å². The Morgan fingerprint density at radius 1 is 1.12 bits per heavy atom. The molecule has 5 nitrogen and oxygen atoms in total. The predicted molar refractivity (Wildman–Crippen MR) is 98.7 cm³/mol. The van der Waals surface area contributed by atoms with Gasteiger partial charge in [-0.25, -0.2) is 18.8 Å². The van der Waals surface area contributed by atoms with Crippen molar-refractivity contribution in [2.45, 2.75) is 5.16 Å². The van der Waals surface area contributed by atoms with E-state index in [0.717, 1.165) is 0 Å². The average Bonchev–Trinajstić information content (AvgIpc) is 2.67. The van der Waals surface area contributed by atoms with E-state index in [1.807, 2.05) is 0 Å². The molecule has 0 spiro atoms. The largest absolute Gasteiger partial charge is 0.268 e. The van der Waals surface area contributed by atoms with Gasteiger partial charge >= 0.3 is 0 Å².